The van der Waals surface area contributed by atoms with Crippen LogP contribution in [-0.2, 0) is 10.0 Å². The fraction of sp³-hybridized carbons (Fsp3) is 0.300. The number of aromatic nitrogens is 1. The first kappa shape index (κ1) is 20.3. The zero-order valence-corrected chi connectivity index (χ0v) is 17.7. The van der Waals surface area contributed by atoms with E-state index in [1.54, 1.807) is 6.07 Å². The molecule has 2 heterocycles. The van der Waals surface area contributed by atoms with E-state index in [-0.39, 0.29) is 21.4 Å². The number of halogens is 4. The molecule has 0 aliphatic carbocycles. The zero-order valence-electron chi connectivity index (χ0n) is 15.3. The van der Waals surface area contributed by atoms with Crippen molar-refractivity contribution in [3.8, 4) is 0 Å². The van der Waals surface area contributed by atoms with Crippen molar-refractivity contribution in [2.75, 3.05) is 18.0 Å². The number of alkyl halides is 2. The summed E-state index contributed by atoms with van der Waals surface area (Å²) in [6, 6.07) is 7.78. The van der Waals surface area contributed by atoms with Crippen molar-refractivity contribution in [1.29, 1.82) is 0 Å². The molecule has 0 bridgehead atoms. The second-order valence-corrected chi connectivity index (χ2v) is 9.74. The highest BCUT2D eigenvalue weighted by Gasteiger charge is 2.28. The van der Waals surface area contributed by atoms with E-state index >= 15 is 0 Å². The van der Waals surface area contributed by atoms with Gasteiger partial charge in [0.05, 0.1) is 10.4 Å². The molecule has 1 aliphatic rings. The van der Waals surface area contributed by atoms with Gasteiger partial charge in [0.2, 0.25) is 0 Å². The number of anilines is 1. The lowest BCUT2D eigenvalue weighted by Gasteiger charge is -2.30. The molecule has 4 rings (SSSR count). The van der Waals surface area contributed by atoms with E-state index in [2.05, 4.69) is 15.9 Å². The van der Waals surface area contributed by atoms with Crippen molar-refractivity contribution in [3.63, 3.8) is 0 Å². The predicted molar refractivity (Wildman–Crippen MR) is 110 cm³/mol. The van der Waals surface area contributed by atoms with Crippen molar-refractivity contribution in [1.82, 2.24) is 3.97 Å². The molecule has 4 nitrogen and oxygen atoms in total. The fourth-order valence-corrected chi connectivity index (χ4v) is 5.63. The molecule has 9 heteroatoms. The average molecular weight is 487 g/mol. The van der Waals surface area contributed by atoms with Gasteiger partial charge >= 0.3 is 0 Å². The first-order valence-electron chi connectivity index (χ1n) is 9.18. The summed E-state index contributed by atoms with van der Waals surface area (Å²) in [6.07, 6.45) is 1.06. The topological polar surface area (TPSA) is 42.3 Å². The number of benzene rings is 2. The summed E-state index contributed by atoms with van der Waals surface area (Å²) in [6.45, 7) is 1.44. The molecule has 1 fully saturated rings. The Balaban J connectivity index is 2.00. The third kappa shape index (κ3) is 3.66. The maximum atomic E-state index is 13.9. The maximum absolute atomic E-state index is 13.9. The van der Waals surface area contributed by atoms with Crippen LogP contribution in [0.4, 0.5) is 18.9 Å². The fourth-order valence-electron chi connectivity index (χ4n) is 3.80. The monoisotopic (exact) mass is 486 g/mol. The van der Waals surface area contributed by atoms with Gasteiger partial charge in [-0.05, 0) is 49.6 Å². The maximum Gasteiger partial charge on any atom is 0.268 e. The van der Waals surface area contributed by atoms with E-state index in [4.69, 9.17) is 0 Å². The quantitative estimate of drug-likeness (QED) is 0.474. The van der Waals surface area contributed by atoms with Gasteiger partial charge in [0.1, 0.15) is 5.82 Å². The van der Waals surface area contributed by atoms with E-state index in [1.165, 1.54) is 18.2 Å². The lowest BCUT2D eigenvalue weighted by Crippen LogP contribution is -2.29. The molecular weight excluding hydrogens is 469 g/mol. The lowest BCUT2D eigenvalue weighted by atomic mass is 10.1. The van der Waals surface area contributed by atoms with Crippen LogP contribution in [0.5, 0.6) is 0 Å². The summed E-state index contributed by atoms with van der Waals surface area (Å²) < 4.78 is 69.2. The molecule has 0 spiro atoms. The highest BCUT2D eigenvalue weighted by atomic mass is 79.9. The highest BCUT2D eigenvalue weighted by Crippen LogP contribution is 2.40. The van der Waals surface area contributed by atoms with Crippen LogP contribution in [0.2, 0.25) is 0 Å². The van der Waals surface area contributed by atoms with Gasteiger partial charge < -0.3 is 4.90 Å². The number of hydrogen-bond donors (Lipinski definition) is 0. The van der Waals surface area contributed by atoms with E-state index in [1.807, 2.05) is 4.90 Å². The third-order valence-corrected chi connectivity index (χ3v) is 7.26. The van der Waals surface area contributed by atoms with Gasteiger partial charge in [-0.2, -0.15) is 0 Å². The normalized spacial score (nSPS) is 15.4. The Kier molecular flexibility index (Phi) is 5.37. The van der Waals surface area contributed by atoms with Gasteiger partial charge in [-0.1, -0.05) is 22.0 Å². The van der Waals surface area contributed by atoms with E-state index in [9.17, 15) is 21.6 Å². The Hall–Kier alpha value is -2.00. The molecule has 1 aliphatic heterocycles. The first-order chi connectivity index (χ1) is 13.8. The summed E-state index contributed by atoms with van der Waals surface area (Å²) in [5, 5.41) is 0.213. The molecule has 0 N–H and O–H groups in total. The Labute approximate surface area is 175 Å². The van der Waals surface area contributed by atoms with Crippen LogP contribution in [0.15, 0.2) is 52.0 Å². The van der Waals surface area contributed by atoms with Crippen LogP contribution in [0, 0.1) is 5.82 Å². The third-order valence-electron chi connectivity index (χ3n) is 5.13. The van der Waals surface area contributed by atoms with Crippen LogP contribution < -0.4 is 4.90 Å². The molecule has 0 radical (unpaired) electrons. The summed E-state index contributed by atoms with van der Waals surface area (Å²) in [5.41, 5.74) is 0.366. The Morgan fingerprint density at radius 2 is 1.76 bits per heavy atom. The molecule has 154 valence electrons. The van der Waals surface area contributed by atoms with Crippen LogP contribution in [-0.4, -0.2) is 25.5 Å². The van der Waals surface area contributed by atoms with Gasteiger partial charge in [0, 0.05) is 40.4 Å². The first-order valence-corrected chi connectivity index (χ1v) is 11.4. The Bertz CT molecular complexity index is 1170. The molecule has 3 aromatic rings. The number of hydrogen-bond acceptors (Lipinski definition) is 3. The Morgan fingerprint density at radius 1 is 1.03 bits per heavy atom. The van der Waals surface area contributed by atoms with Crippen LogP contribution in [0.1, 0.15) is 31.3 Å². The van der Waals surface area contributed by atoms with E-state index in [0.29, 0.717) is 10.2 Å². The van der Waals surface area contributed by atoms with Crippen molar-refractivity contribution < 1.29 is 21.6 Å². The van der Waals surface area contributed by atoms with Crippen molar-refractivity contribution >= 4 is 42.5 Å². The molecule has 0 atom stereocenters. The molecule has 29 heavy (non-hydrogen) atoms. The summed E-state index contributed by atoms with van der Waals surface area (Å²) in [4.78, 5) is 1.72. The standard InChI is InChI=1S/C20H18BrF3N2O2S/c21-13-9-17(25-7-2-1-3-8-25)19-16(20(23)24)12-26(18(19)10-13)29(27,28)15-6-4-5-14(22)11-15/h4-6,9-12,20H,1-3,7-8H2. The zero-order chi connectivity index (χ0) is 20.8. The predicted octanol–water partition coefficient (Wildman–Crippen LogP) is 5.71. The van der Waals surface area contributed by atoms with Crippen molar-refractivity contribution in [3.05, 3.63) is 58.4 Å². The van der Waals surface area contributed by atoms with E-state index < -0.39 is 22.3 Å². The molecule has 0 unspecified atom stereocenters. The van der Waals surface area contributed by atoms with E-state index in [0.717, 1.165) is 54.7 Å². The minimum absolute atomic E-state index is 0.138. The minimum atomic E-state index is -4.26. The van der Waals surface area contributed by atoms with Gasteiger partial charge in [-0.15, -0.1) is 0 Å². The number of piperidine rings is 1. The van der Waals surface area contributed by atoms with Gasteiger partial charge in [-0.3, -0.25) is 0 Å². The van der Waals surface area contributed by atoms with Crippen LogP contribution in [0.3, 0.4) is 0 Å². The van der Waals surface area contributed by atoms with Crippen molar-refractivity contribution in [2.45, 2.75) is 30.6 Å². The molecule has 0 saturated carbocycles. The molecule has 1 saturated heterocycles. The average Bonchev–Trinajstić information content (AvgIpc) is 3.08. The Morgan fingerprint density at radius 3 is 2.41 bits per heavy atom. The second kappa shape index (κ2) is 7.68. The molecule has 1 aromatic heterocycles. The largest absolute Gasteiger partial charge is 0.371 e. The molecule has 2 aromatic carbocycles. The highest BCUT2D eigenvalue weighted by molar-refractivity contribution is 9.10. The molecular formula is C20H18BrF3N2O2S. The van der Waals surface area contributed by atoms with Crippen molar-refractivity contribution in [2.24, 2.45) is 0 Å². The second-order valence-electron chi connectivity index (χ2n) is 7.01. The van der Waals surface area contributed by atoms with Gasteiger partial charge in [0.25, 0.3) is 16.4 Å². The number of rotatable bonds is 4. The van der Waals surface area contributed by atoms with Crippen LogP contribution >= 0.6 is 15.9 Å². The summed E-state index contributed by atoms with van der Waals surface area (Å²) in [7, 11) is -4.26. The summed E-state index contributed by atoms with van der Waals surface area (Å²) >= 11 is 3.38. The molecule has 0 amide bonds. The summed E-state index contributed by atoms with van der Waals surface area (Å²) in [5.74, 6) is -0.716. The van der Waals surface area contributed by atoms with Gasteiger partial charge in [0.15, 0.2) is 0 Å². The van der Waals surface area contributed by atoms with Gasteiger partial charge in [-0.25, -0.2) is 25.6 Å². The number of fused-ring (bicyclic) bond motifs is 1. The lowest BCUT2D eigenvalue weighted by molar-refractivity contribution is 0.153. The van der Waals surface area contributed by atoms with Crippen LogP contribution in [0.25, 0.3) is 10.9 Å². The number of nitrogens with zero attached hydrogens (tertiary/aromatic N) is 2. The SMILES string of the molecule is O=S(=O)(c1cccc(F)c1)n1cc(C(F)F)c2c(N3CCCCC3)cc(Br)cc21. The minimum Gasteiger partial charge on any atom is -0.371 e. The smallest absolute Gasteiger partial charge is 0.268 e.